The number of hydrogen-bond donors (Lipinski definition) is 1. The molecule has 0 atom stereocenters. The van der Waals surface area contributed by atoms with Crippen molar-refractivity contribution in [3.05, 3.63) is 34.9 Å². The summed E-state index contributed by atoms with van der Waals surface area (Å²) in [5.41, 5.74) is 0.0385. The maximum absolute atomic E-state index is 13.6. The molecule has 0 amide bonds. The molecule has 0 unspecified atom stereocenters. The van der Waals surface area contributed by atoms with Gasteiger partial charge < -0.3 is 5.32 Å². The zero-order valence-electron chi connectivity index (χ0n) is 10.2. The zero-order chi connectivity index (χ0) is 13.0. The van der Waals surface area contributed by atoms with E-state index in [1.54, 1.807) is 6.07 Å². The van der Waals surface area contributed by atoms with Crippen molar-refractivity contribution >= 4 is 0 Å². The Labute approximate surface area is 106 Å². The lowest BCUT2D eigenvalue weighted by Gasteiger charge is -2.11. The highest BCUT2D eigenvalue weighted by molar-refractivity contribution is 5.34. The third-order valence-electron chi connectivity index (χ3n) is 3.48. The minimum absolute atomic E-state index is 0.0181. The summed E-state index contributed by atoms with van der Waals surface area (Å²) >= 11 is 0. The van der Waals surface area contributed by atoms with E-state index in [1.165, 1.54) is 25.7 Å². The fourth-order valence-electron chi connectivity index (χ4n) is 2.45. The van der Waals surface area contributed by atoms with Crippen LogP contribution in [-0.4, -0.2) is 6.54 Å². The smallest absolute Gasteiger partial charge is 0.131 e. The second-order valence-corrected chi connectivity index (χ2v) is 4.81. The molecule has 1 N–H and O–H groups in total. The van der Waals surface area contributed by atoms with Crippen LogP contribution in [0.3, 0.4) is 0 Å². The quantitative estimate of drug-likeness (QED) is 0.891. The Morgan fingerprint density at radius 1 is 1.22 bits per heavy atom. The van der Waals surface area contributed by atoms with Crippen LogP contribution in [0.4, 0.5) is 8.78 Å². The molecule has 1 aliphatic carbocycles. The molecule has 18 heavy (non-hydrogen) atoms. The average molecular weight is 250 g/mol. The molecule has 1 fully saturated rings. The molecule has 2 rings (SSSR count). The summed E-state index contributed by atoms with van der Waals surface area (Å²) in [6.45, 7) is 0.985. The Morgan fingerprint density at radius 3 is 2.39 bits per heavy atom. The maximum Gasteiger partial charge on any atom is 0.131 e. The van der Waals surface area contributed by atoms with E-state index in [2.05, 4.69) is 5.32 Å². The number of nitrogens with one attached hydrogen (secondary N) is 1. The van der Waals surface area contributed by atoms with E-state index in [4.69, 9.17) is 5.26 Å². The number of hydrogen-bond acceptors (Lipinski definition) is 2. The van der Waals surface area contributed by atoms with Gasteiger partial charge in [0.25, 0.3) is 0 Å². The minimum Gasteiger partial charge on any atom is -0.312 e. The van der Waals surface area contributed by atoms with Gasteiger partial charge in [0.15, 0.2) is 0 Å². The van der Waals surface area contributed by atoms with Gasteiger partial charge in [0.1, 0.15) is 11.6 Å². The first-order valence-electron chi connectivity index (χ1n) is 6.29. The van der Waals surface area contributed by atoms with E-state index in [1.807, 2.05) is 0 Å². The van der Waals surface area contributed by atoms with Crippen LogP contribution in [0, 0.1) is 28.9 Å². The highest BCUT2D eigenvalue weighted by Crippen LogP contribution is 2.24. The highest BCUT2D eigenvalue weighted by Gasteiger charge is 2.15. The monoisotopic (exact) mass is 250 g/mol. The largest absolute Gasteiger partial charge is 0.312 e. The molecule has 4 heteroatoms. The Bertz CT molecular complexity index is 436. The van der Waals surface area contributed by atoms with E-state index in [-0.39, 0.29) is 17.7 Å². The standard InChI is InChI=1S/C14H16F2N2/c15-13-5-11(7-17)6-14(16)12(13)9-18-8-10-3-1-2-4-10/h5-6,10,18H,1-4,8-9H2. The molecule has 1 aliphatic rings. The van der Waals surface area contributed by atoms with Gasteiger partial charge in [-0.1, -0.05) is 12.8 Å². The van der Waals surface area contributed by atoms with Gasteiger partial charge in [-0.25, -0.2) is 8.78 Å². The summed E-state index contributed by atoms with van der Waals surface area (Å²) in [5.74, 6) is -0.662. The second-order valence-electron chi connectivity index (χ2n) is 4.81. The van der Waals surface area contributed by atoms with Crippen molar-refractivity contribution in [2.24, 2.45) is 5.92 Å². The molecule has 0 heterocycles. The first-order chi connectivity index (χ1) is 8.70. The first kappa shape index (κ1) is 13.0. The first-order valence-corrected chi connectivity index (χ1v) is 6.29. The molecule has 0 bridgehead atoms. The summed E-state index contributed by atoms with van der Waals surface area (Å²) < 4.78 is 27.1. The Hall–Kier alpha value is -1.47. The van der Waals surface area contributed by atoms with Crippen LogP contribution < -0.4 is 5.32 Å². The van der Waals surface area contributed by atoms with Gasteiger partial charge in [-0.3, -0.25) is 0 Å². The van der Waals surface area contributed by atoms with Crippen molar-refractivity contribution < 1.29 is 8.78 Å². The number of nitriles is 1. The summed E-state index contributed by atoms with van der Waals surface area (Å²) in [6, 6.07) is 3.89. The van der Waals surface area contributed by atoms with Gasteiger partial charge in [0, 0.05) is 12.1 Å². The number of rotatable bonds is 4. The molecule has 0 aromatic heterocycles. The van der Waals surface area contributed by atoms with Crippen LogP contribution in [0.15, 0.2) is 12.1 Å². The molecule has 96 valence electrons. The molecule has 1 saturated carbocycles. The van der Waals surface area contributed by atoms with E-state index in [0.29, 0.717) is 5.92 Å². The fraction of sp³-hybridized carbons (Fsp3) is 0.500. The Morgan fingerprint density at radius 2 is 1.83 bits per heavy atom. The number of benzene rings is 1. The van der Waals surface area contributed by atoms with Crippen molar-refractivity contribution in [2.45, 2.75) is 32.2 Å². The normalized spacial score (nSPS) is 15.8. The molecule has 0 radical (unpaired) electrons. The highest BCUT2D eigenvalue weighted by atomic mass is 19.1. The number of nitrogens with zero attached hydrogens (tertiary/aromatic N) is 1. The Balaban J connectivity index is 1.94. The van der Waals surface area contributed by atoms with Crippen LogP contribution in [0.25, 0.3) is 0 Å². The molecular formula is C14H16F2N2. The third-order valence-corrected chi connectivity index (χ3v) is 3.48. The van der Waals surface area contributed by atoms with E-state index >= 15 is 0 Å². The zero-order valence-corrected chi connectivity index (χ0v) is 10.2. The van der Waals surface area contributed by atoms with Crippen molar-refractivity contribution in [3.8, 4) is 6.07 Å². The summed E-state index contributed by atoms with van der Waals surface area (Å²) in [7, 11) is 0. The summed E-state index contributed by atoms with van der Waals surface area (Å²) in [6.07, 6.45) is 4.91. The van der Waals surface area contributed by atoms with Crippen LogP contribution >= 0.6 is 0 Å². The molecule has 2 nitrogen and oxygen atoms in total. The summed E-state index contributed by atoms with van der Waals surface area (Å²) in [5, 5.41) is 11.7. The van der Waals surface area contributed by atoms with Gasteiger partial charge >= 0.3 is 0 Å². The van der Waals surface area contributed by atoms with Crippen LogP contribution in [0.5, 0.6) is 0 Å². The van der Waals surface area contributed by atoms with Crippen molar-refractivity contribution in [3.63, 3.8) is 0 Å². The lowest BCUT2D eigenvalue weighted by atomic mass is 10.1. The van der Waals surface area contributed by atoms with Gasteiger partial charge in [-0.2, -0.15) is 5.26 Å². The average Bonchev–Trinajstić information content (AvgIpc) is 2.85. The third kappa shape index (κ3) is 3.05. The molecule has 1 aromatic rings. The second kappa shape index (κ2) is 5.92. The van der Waals surface area contributed by atoms with Gasteiger partial charge in [0.2, 0.25) is 0 Å². The van der Waals surface area contributed by atoms with E-state index < -0.39 is 11.6 Å². The van der Waals surface area contributed by atoms with Crippen molar-refractivity contribution in [1.82, 2.24) is 5.32 Å². The lowest BCUT2D eigenvalue weighted by Crippen LogP contribution is -2.22. The van der Waals surface area contributed by atoms with E-state index in [0.717, 1.165) is 18.7 Å². The molecular weight excluding hydrogens is 234 g/mol. The Kier molecular flexibility index (Phi) is 4.27. The van der Waals surface area contributed by atoms with Crippen LogP contribution in [0.2, 0.25) is 0 Å². The number of halogens is 2. The molecule has 0 saturated heterocycles. The predicted octanol–water partition coefficient (Wildman–Crippen LogP) is 3.12. The molecule has 0 aliphatic heterocycles. The van der Waals surface area contributed by atoms with E-state index in [9.17, 15) is 8.78 Å². The van der Waals surface area contributed by atoms with Crippen LogP contribution in [0.1, 0.15) is 36.8 Å². The summed E-state index contributed by atoms with van der Waals surface area (Å²) in [4.78, 5) is 0. The van der Waals surface area contributed by atoms with Crippen molar-refractivity contribution in [1.29, 1.82) is 5.26 Å². The van der Waals surface area contributed by atoms with Gasteiger partial charge in [-0.05, 0) is 37.4 Å². The van der Waals surface area contributed by atoms with Crippen molar-refractivity contribution in [2.75, 3.05) is 6.54 Å². The maximum atomic E-state index is 13.6. The van der Waals surface area contributed by atoms with Gasteiger partial charge in [0.05, 0.1) is 11.6 Å². The lowest BCUT2D eigenvalue weighted by molar-refractivity contribution is 0.472. The molecule has 1 aromatic carbocycles. The predicted molar refractivity (Wildman–Crippen MR) is 64.7 cm³/mol. The fourth-order valence-corrected chi connectivity index (χ4v) is 2.45. The topological polar surface area (TPSA) is 35.8 Å². The minimum atomic E-state index is -0.648. The van der Waals surface area contributed by atoms with Gasteiger partial charge in [-0.15, -0.1) is 0 Å². The van der Waals surface area contributed by atoms with Crippen LogP contribution in [-0.2, 0) is 6.54 Å². The SMILES string of the molecule is N#Cc1cc(F)c(CNCC2CCCC2)c(F)c1. The molecule has 0 spiro atoms.